The topological polar surface area (TPSA) is 99.6 Å². The van der Waals surface area contributed by atoms with E-state index in [1.54, 1.807) is 6.07 Å². The molecule has 0 atom stereocenters. The third kappa shape index (κ3) is 3.19. The van der Waals surface area contributed by atoms with Crippen molar-refractivity contribution in [1.82, 2.24) is 4.98 Å². The van der Waals surface area contributed by atoms with Gasteiger partial charge in [0.1, 0.15) is 5.75 Å². The molecule has 0 saturated heterocycles. The SMILES string of the molecule is O=C(O)COc1ccc(Cc2sc(=O)[nH]c2O)c2ccccc12. The lowest BCUT2D eigenvalue weighted by atomic mass is 10.0. The molecule has 23 heavy (non-hydrogen) atoms. The number of thiazole rings is 1. The van der Waals surface area contributed by atoms with Crippen molar-refractivity contribution >= 4 is 28.1 Å². The largest absolute Gasteiger partial charge is 0.494 e. The number of hydrogen-bond acceptors (Lipinski definition) is 5. The highest BCUT2D eigenvalue weighted by Gasteiger charge is 2.12. The standard InChI is InChI=1S/C16H13NO5S/c18-14(19)8-22-12-6-5-9(10-3-1-2-4-11(10)12)7-13-15(20)17-16(21)23-13/h1-6,20H,7-8H2,(H,17,21)(H,18,19). The van der Waals surface area contributed by atoms with Gasteiger partial charge in [-0.25, -0.2) is 4.79 Å². The number of aromatic nitrogens is 1. The van der Waals surface area contributed by atoms with E-state index >= 15 is 0 Å². The summed E-state index contributed by atoms with van der Waals surface area (Å²) in [5.41, 5.74) is 0.911. The van der Waals surface area contributed by atoms with Gasteiger partial charge in [-0.15, -0.1) is 0 Å². The van der Waals surface area contributed by atoms with Crippen molar-refractivity contribution in [2.24, 2.45) is 0 Å². The Morgan fingerprint density at radius 1 is 1.17 bits per heavy atom. The summed E-state index contributed by atoms with van der Waals surface area (Å²) in [7, 11) is 0. The third-order valence-electron chi connectivity index (χ3n) is 3.38. The van der Waals surface area contributed by atoms with Crippen LogP contribution in [0.3, 0.4) is 0 Å². The van der Waals surface area contributed by atoms with Crippen molar-refractivity contribution in [1.29, 1.82) is 0 Å². The van der Waals surface area contributed by atoms with Crippen LogP contribution >= 0.6 is 11.3 Å². The summed E-state index contributed by atoms with van der Waals surface area (Å²) < 4.78 is 5.31. The monoisotopic (exact) mass is 331 g/mol. The predicted molar refractivity (Wildman–Crippen MR) is 86.5 cm³/mol. The number of rotatable bonds is 5. The fourth-order valence-electron chi connectivity index (χ4n) is 2.40. The van der Waals surface area contributed by atoms with Crippen molar-refractivity contribution in [2.75, 3.05) is 6.61 Å². The Morgan fingerprint density at radius 2 is 1.91 bits per heavy atom. The lowest BCUT2D eigenvalue weighted by Crippen LogP contribution is -2.09. The molecule has 0 radical (unpaired) electrons. The molecule has 0 unspecified atom stereocenters. The molecule has 0 aliphatic heterocycles. The van der Waals surface area contributed by atoms with Crippen LogP contribution in [0.5, 0.6) is 11.6 Å². The summed E-state index contributed by atoms with van der Waals surface area (Å²) >= 11 is 0.966. The first-order chi connectivity index (χ1) is 11.0. The van der Waals surface area contributed by atoms with E-state index < -0.39 is 12.6 Å². The lowest BCUT2D eigenvalue weighted by molar-refractivity contribution is -0.139. The number of carboxylic acid groups (broad SMARTS) is 1. The Hall–Kier alpha value is -2.80. The van der Waals surface area contributed by atoms with E-state index in [9.17, 15) is 14.7 Å². The zero-order valence-electron chi connectivity index (χ0n) is 11.9. The van der Waals surface area contributed by atoms with Crippen molar-refractivity contribution < 1.29 is 19.7 Å². The summed E-state index contributed by atoms with van der Waals surface area (Å²) in [4.78, 5) is 24.6. The second-order valence-corrected chi connectivity index (χ2v) is 5.98. The fourth-order valence-corrected chi connectivity index (χ4v) is 3.15. The van der Waals surface area contributed by atoms with Crippen molar-refractivity contribution in [2.45, 2.75) is 6.42 Å². The molecule has 3 aromatic rings. The maximum Gasteiger partial charge on any atom is 0.341 e. The Kier molecular flexibility index (Phi) is 4.03. The van der Waals surface area contributed by atoms with Gasteiger partial charge in [-0.2, -0.15) is 0 Å². The van der Waals surface area contributed by atoms with Crippen LogP contribution in [0.15, 0.2) is 41.2 Å². The van der Waals surface area contributed by atoms with Crippen LogP contribution in [0.2, 0.25) is 0 Å². The van der Waals surface area contributed by atoms with Crippen LogP contribution in [-0.4, -0.2) is 27.8 Å². The van der Waals surface area contributed by atoms with E-state index in [-0.39, 0.29) is 10.8 Å². The normalized spacial score (nSPS) is 10.8. The average Bonchev–Trinajstić information content (AvgIpc) is 2.84. The maximum absolute atomic E-state index is 11.3. The second-order valence-electron chi connectivity index (χ2n) is 4.91. The average molecular weight is 331 g/mol. The molecule has 0 spiro atoms. The van der Waals surface area contributed by atoms with E-state index in [2.05, 4.69) is 4.98 Å². The van der Waals surface area contributed by atoms with Crippen LogP contribution in [0.25, 0.3) is 10.8 Å². The number of aliphatic carboxylic acids is 1. The Morgan fingerprint density at radius 3 is 2.57 bits per heavy atom. The van der Waals surface area contributed by atoms with Gasteiger partial charge in [-0.3, -0.25) is 9.78 Å². The van der Waals surface area contributed by atoms with Crippen molar-refractivity contribution in [3.05, 3.63) is 56.5 Å². The molecular formula is C16H13NO5S. The number of hydrogen-bond donors (Lipinski definition) is 3. The molecule has 2 aromatic carbocycles. The zero-order chi connectivity index (χ0) is 16.4. The summed E-state index contributed by atoms with van der Waals surface area (Å²) in [6, 6.07) is 11.0. The van der Waals surface area contributed by atoms with Gasteiger partial charge in [0.05, 0.1) is 4.88 Å². The quantitative estimate of drug-likeness (QED) is 0.666. The minimum Gasteiger partial charge on any atom is -0.494 e. The van der Waals surface area contributed by atoms with Gasteiger partial charge in [0.15, 0.2) is 6.61 Å². The predicted octanol–water partition coefficient (Wildman–Crippen LogP) is 2.35. The highest BCUT2D eigenvalue weighted by atomic mass is 32.1. The lowest BCUT2D eigenvalue weighted by Gasteiger charge is -2.11. The van der Waals surface area contributed by atoms with Crippen molar-refractivity contribution in [3.63, 3.8) is 0 Å². The van der Waals surface area contributed by atoms with E-state index in [1.165, 1.54) is 0 Å². The van der Waals surface area contributed by atoms with E-state index in [0.717, 1.165) is 27.7 Å². The number of nitrogens with one attached hydrogen (secondary N) is 1. The molecule has 1 aromatic heterocycles. The number of carboxylic acids is 1. The number of H-pyrrole nitrogens is 1. The zero-order valence-corrected chi connectivity index (χ0v) is 12.7. The molecule has 0 aliphatic rings. The highest BCUT2D eigenvalue weighted by Crippen LogP contribution is 2.31. The fraction of sp³-hybridized carbons (Fsp3) is 0.125. The molecule has 0 fully saturated rings. The smallest absolute Gasteiger partial charge is 0.341 e. The molecule has 7 heteroatoms. The molecule has 0 amide bonds. The number of ether oxygens (including phenoxy) is 1. The number of aromatic amines is 1. The number of aromatic hydroxyl groups is 1. The minimum atomic E-state index is -1.04. The van der Waals surface area contributed by atoms with Gasteiger partial charge in [-0.1, -0.05) is 41.7 Å². The summed E-state index contributed by atoms with van der Waals surface area (Å²) in [5, 5.41) is 20.1. The molecule has 1 heterocycles. The molecule has 0 aliphatic carbocycles. The summed E-state index contributed by atoms with van der Waals surface area (Å²) in [6.07, 6.45) is 0.398. The van der Waals surface area contributed by atoms with Crippen LogP contribution in [-0.2, 0) is 11.2 Å². The minimum absolute atomic E-state index is 0.115. The van der Waals surface area contributed by atoms with Crippen molar-refractivity contribution in [3.8, 4) is 11.6 Å². The Labute approximate surface area is 134 Å². The maximum atomic E-state index is 11.3. The first-order valence-electron chi connectivity index (χ1n) is 6.81. The summed E-state index contributed by atoms with van der Waals surface area (Å²) in [5.74, 6) is -0.673. The second kappa shape index (κ2) is 6.13. The molecular weight excluding hydrogens is 318 g/mol. The van der Waals surface area contributed by atoms with Crippen LogP contribution < -0.4 is 9.61 Å². The van der Waals surface area contributed by atoms with Crippen LogP contribution in [0, 0.1) is 0 Å². The van der Waals surface area contributed by atoms with Gasteiger partial charge in [0, 0.05) is 11.8 Å². The summed E-state index contributed by atoms with van der Waals surface area (Å²) in [6.45, 7) is -0.413. The van der Waals surface area contributed by atoms with E-state index in [1.807, 2.05) is 30.3 Å². The Balaban J connectivity index is 2.02. The van der Waals surface area contributed by atoms with Gasteiger partial charge < -0.3 is 14.9 Å². The third-order valence-corrected chi connectivity index (χ3v) is 4.25. The van der Waals surface area contributed by atoms with E-state index in [0.29, 0.717) is 17.0 Å². The molecule has 0 saturated carbocycles. The van der Waals surface area contributed by atoms with E-state index in [4.69, 9.17) is 9.84 Å². The van der Waals surface area contributed by atoms with Crippen LogP contribution in [0.1, 0.15) is 10.4 Å². The van der Waals surface area contributed by atoms with Gasteiger partial charge in [0.2, 0.25) is 5.88 Å². The molecule has 3 N–H and O–H groups in total. The Bertz CT molecular complexity index is 928. The molecule has 118 valence electrons. The van der Waals surface area contributed by atoms with Crippen LogP contribution in [0.4, 0.5) is 0 Å². The molecule has 6 nitrogen and oxygen atoms in total. The first kappa shape index (κ1) is 15.1. The highest BCUT2D eigenvalue weighted by molar-refractivity contribution is 7.09. The van der Waals surface area contributed by atoms with Gasteiger partial charge in [0.25, 0.3) is 0 Å². The number of carbonyl (C=O) groups is 1. The number of fused-ring (bicyclic) bond motifs is 1. The molecule has 3 rings (SSSR count). The molecule has 0 bridgehead atoms. The van der Waals surface area contributed by atoms with Gasteiger partial charge >= 0.3 is 10.8 Å². The first-order valence-corrected chi connectivity index (χ1v) is 7.62. The number of benzene rings is 2. The van der Waals surface area contributed by atoms with Gasteiger partial charge in [-0.05, 0) is 17.0 Å².